The lowest BCUT2D eigenvalue weighted by atomic mass is 9.90. The predicted octanol–water partition coefficient (Wildman–Crippen LogP) is 1.12. The number of anilines is 1. The lowest BCUT2D eigenvalue weighted by Gasteiger charge is -2.35. The van der Waals surface area contributed by atoms with Crippen LogP contribution < -0.4 is 15.2 Å². The van der Waals surface area contributed by atoms with Crippen molar-refractivity contribution in [2.75, 3.05) is 19.5 Å². The average molecular weight is 300 g/mol. The summed E-state index contributed by atoms with van der Waals surface area (Å²) in [7, 11) is -2.10. The van der Waals surface area contributed by atoms with Gasteiger partial charge in [0.15, 0.2) is 0 Å². The Labute approximate surface area is 119 Å². The minimum Gasteiger partial charge on any atom is -0.497 e. The first-order valence-electron chi connectivity index (χ1n) is 6.53. The molecule has 2 rings (SSSR count). The summed E-state index contributed by atoms with van der Waals surface area (Å²) in [6, 6.07) is 4.44. The zero-order valence-electron chi connectivity index (χ0n) is 11.6. The summed E-state index contributed by atoms with van der Waals surface area (Å²) in [5.74, 6) is 0.529. The molecule has 1 saturated carbocycles. The van der Waals surface area contributed by atoms with E-state index < -0.39 is 10.0 Å². The molecule has 0 spiro atoms. The number of hydrogen-bond donors (Lipinski definition) is 2. The molecule has 0 amide bonds. The number of ether oxygens (including phenoxy) is 2. The van der Waals surface area contributed by atoms with Crippen LogP contribution in [0.15, 0.2) is 23.1 Å². The molecule has 112 valence electrons. The maximum Gasteiger partial charge on any atom is 0.242 e. The van der Waals surface area contributed by atoms with E-state index in [0.29, 0.717) is 25.2 Å². The molecule has 0 radical (unpaired) electrons. The van der Waals surface area contributed by atoms with Crippen LogP contribution in [0.5, 0.6) is 5.75 Å². The summed E-state index contributed by atoms with van der Waals surface area (Å²) < 4.78 is 37.6. The highest BCUT2D eigenvalue weighted by Crippen LogP contribution is 2.28. The van der Waals surface area contributed by atoms with Crippen molar-refractivity contribution < 1.29 is 17.9 Å². The number of hydrogen-bond acceptors (Lipinski definition) is 5. The van der Waals surface area contributed by atoms with Gasteiger partial charge in [0, 0.05) is 18.7 Å². The summed E-state index contributed by atoms with van der Waals surface area (Å²) in [5.41, 5.74) is 5.95. The van der Waals surface area contributed by atoms with Crippen LogP contribution in [0, 0.1) is 0 Å². The predicted molar refractivity (Wildman–Crippen MR) is 76.2 cm³/mol. The number of benzene rings is 1. The Balaban J connectivity index is 2.04. The van der Waals surface area contributed by atoms with Gasteiger partial charge < -0.3 is 15.2 Å². The zero-order chi connectivity index (χ0) is 14.8. The minimum absolute atomic E-state index is 0.0816. The SMILES string of the molecule is CCOC1CC(NS(=O)(=O)c2ccc(OC)cc2N)C1. The fraction of sp³-hybridized carbons (Fsp3) is 0.538. The fourth-order valence-corrected chi connectivity index (χ4v) is 3.59. The molecule has 0 bridgehead atoms. The number of nitrogen functional groups attached to an aromatic ring is 1. The summed E-state index contributed by atoms with van der Waals surface area (Å²) in [4.78, 5) is 0.0816. The molecule has 1 fully saturated rings. The summed E-state index contributed by atoms with van der Waals surface area (Å²) >= 11 is 0. The van der Waals surface area contributed by atoms with Crippen molar-refractivity contribution in [2.24, 2.45) is 0 Å². The highest BCUT2D eigenvalue weighted by atomic mass is 32.2. The molecule has 0 atom stereocenters. The Morgan fingerprint density at radius 3 is 2.65 bits per heavy atom. The Morgan fingerprint density at radius 2 is 2.10 bits per heavy atom. The summed E-state index contributed by atoms with van der Waals surface area (Å²) in [6.45, 7) is 2.57. The van der Waals surface area contributed by atoms with Crippen molar-refractivity contribution >= 4 is 15.7 Å². The van der Waals surface area contributed by atoms with Gasteiger partial charge in [-0.2, -0.15) is 0 Å². The van der Waals surface area contributed by atoms with Gasteiger partial charge >= 0.3 is 0 Å². The van der Waals surface area contributed by atoms with Crippen molar-refractivity contribution in [1.82, 2.24) is 4.72 Å². The van der Waals surface area contributed by atoms with Gasteiger partial charge in [-0.05, 0) is 31.9 Å². The number of nitrogens with two attached hydrogens (primary N) is 1. The van der Waals surface area contributed by atoms with Gasteiger partial charge in [0.1, 0.15) is 10.6 Å². The van der Waals surface area contributed by atoms with Gasteiger partial charge in [-0.15, -0.1) is 0 Å². The molecule has 1 aliphatic rings. The van der Waals surface area contributed by atoms with Gasteiger partial charge in [-0.3, -0.25) is 0 Å². The molecule has 7 heteroatoms. The monoisotopic (exact) mass is 300 g/mol. The van der Waals surface area contributed by atoms with E-state index in [4.69, 9.17) is 15.2 Å². The first-order chi connectivity index (χ1) is 9.46. The van der Waals surface area contributed by atoms with Crippen LogP contribution in [0.2, 0.25) is 0 Å². The molecule has 20 heavy (non-hydrogen) atoms. The second-order valence-electron chi connectivity index (χ2n) is 4.77. The number of methoxy groups -OCH3 is 1. The molecule has 0 unspecified atom stereocenters. The van der Waals surface area contributed by atoms with Crippen LogP contribution in [-0.2, 0) is 14.8 Å². The Hall–Kier alpha value is -1.31. The molecule has 0 heterocycles. The third-order valence-corrected chi connectivity index (χ3v) is 4.92. The highest BCUT2D eigenvalue weighted by molar-refractivity contribution is 7.89. The van der Waals surface area contributed by atoms with Gasteiger partial charge in [0.2, 0.25) is 10.0 Å². The zero-order valence-corrected chi connectivity index (χ0v) is 12.4. The Bertz CT molecular complexity index is 568. The Morgan fingerprint density at radius 1 is 1.40 bits per heavy atom. The second-order valence-corrected chi connectivity index (χ2v) is 6.45. The summed E-state index contributed by atoms with van der Waals surface area (Å²) in [5, 5.41) is 0. The highest BCUT2D eigenvalue weighted by Gasteiger charge is 2.33. The molecule has 0 aliphatic heterocycles. The molecule has 0 aromatic heterocycles. The lowest BCUT2D eigenvalue weighted by molar-refractivity contribution is -0.00475. The van der Waals surface area contributed by atoms with E-state index in [-0.39, 0.29) is 22.7 Å². The van der Waals surface area contributed by atoms with E-state index in [2.05, 4.69) is 4.72 Å². The third-order valence-electron chi connectivity index (χ3n) is 3.33. The van der Waals surface area contributed by atoms with Gasteiger partial charge in [0.25, 0.3) is 0 Å². The van der Waals surface area contributed by atoms with E-state index in [0.717, 1.165) is 0 Å². The quantitative estimate of drug-likeness (QED) is 0.768. The van der Waals surface area contributed by atoms with Crippen molar-refractivity contribution in [3.8, 4) is 5.75 Å². The maximum absolute atomic E-state index is 12.2. The van der Waals surface area contributed by atoms with E-state index >= 15 is 0 Å². The lowest BCUT2D eigenvalue weighted by Crippen LogP contribution is -2.47. The van der Waals surface area contributed by atoms with Crippen molar-refractivity contribution in [2.45, 2.75) is 36.8 Å². The molecule has 1 aromatic rings. The topological polar surface area (TPSA) is 90.6 Å². The molecular formula is C13H20N2O4S. The third kappa shape index (κ3) is 3.23. The van der Waals surface area contributed by atoms with Crippen LogP contribution >= 0.6 is 0 Å². The van der Waals surface area contributed by atoms with Gasteiger partial charge in [0.05, 0.1) is 18.9 Å². The van der Waals surface area contributed by atoms with Crippen LogP contribution in [0.25, 0.3) is 0 Å². The normalized spacial score (nSPS) is 22.3. The standard InChI is InChI=1S/C13H20N2O4S/c1-3-19-11-6-9(7-11)15-20(16,17)13-5-4-10(18-2)8-12(13)14/h4-5,8-9,11,15H,3,6-7,14H2,1-2H3. The maximum atomic E-state index is 12.2. The number of sulfonamides is 1. The minimum atomic E-state index is -3.60. The van der Waals surface area contributed by atoms with E-state index in [1.165, 1.54) is 19.2 Å². The van der Waals surface area contributed by atoms with Gasteiger partial charge in [-0.25, -0.2) is 13.1 Å². The Kier molecular flexibility index (Phi) is 4.52. The molecule has 1 aromatic carbocycles. The van der Waals surface area contributed by atoms with E-state index in [9.17, 15) is 8.42 Å². The summed E-state index contributed by atoms with van der Waals surface area (Å²) in [6.07, 6.45) is 1.55. The van der Waals surface area contributed by atoms with E-state index in [1.54, 1.807) is 6.07 Å². The second kappa shape index (κ2) is 5.99. The molecule has 6 nitrogen and oxygen atoms in total. The first-order valence-corrected chi connectivity index (χ1v) is 8.02. The number of nitrogens with one attached hydrogen (secondary N) is 1. The first kappa shape index (κ1) is 15.1. The largest absolute Gasteiger partial charge is 0.497 e. The average Bonchev–Trinajstić information content (AvgIpc) is 2.35. The van der Waals surface area contributed by atoms with Crippen LogP contribution in [0.4, 0.5) is 5.69 Å². The van der Waals surface area contributed by atoms with Gasteiger partial charge in [-0.1, -0.05) is 0 Å². The van der Waals surface area contributed by atoms with E-state index in [1.807, 2.05) is 6.92 Å². The molecule has 1 aliphatic carbocycles. The van der Waals surface area contributed by atoms with Crippen LogP contribution in [0.3, 0.4) is 0 Å². The molecule has 3 N–H and O–H groups in total. The van der Waals surface area contributed by atoms with Crippen LogP contribution in [0.1, 0.15) is 19.8 Å². The smallest absolute Gasteiger partial charge is 0.242 e. The molecule has 0 saturated heterocycles. The van der Waals surface area contributed by atoms with Crippen LogP contribution in [-0.4, -0.2) is 34.3 Å². The fourth-order valence-electron chi connectivity index (χ4n) is 2.21. The van der Waals surface area contributed by atoms with Crippen molar-refractivity contribution in [3.63, 3.8) is 0 Å². The molecular weight excluding hydrogens is 280 g/mol. The number of rotatable bonds is 6. The van der Waals surface area contributed by atoms with Crippen molar-refractivity contribution in [3.05, 3.63) is 18.2 Å². The van der Waals surface area contributed by atoms with Crippen molar-refractivity contribution in [1.29, 1.82) is 0 Å².